The molecule has 0 bridgehead atoms. The lowest BCUT2D eigenvalue weighted by molar-refractivity contribution is -0.480. The Hall–Kier alpha value is -1.96. The summed E-state index contributed by atoms with van der Waals surface area (Å²) in [6.07, 6.45) is 12.5. The van der Waals surface area contributed by atoms with Crippen LogP contribution in [0.15, 0.2) is 11.6 Å². The third kappa shape index (κ3) is 5.04. The first kappa shape index (κ1) is 33.4. The van der Waals surface area contributed by atoms with Gasteiger partial charge < -0.3 is 14.6 Å². The van der Waals surface area contributed by atoms with Crippen molar-refractivity contribution in [2.45, 2.75) is 132 Å². The number of carbonyl (C=O) groups excluding carboxylic acids is 2. The number of ether oxygens (including phenoxy) is 2. The van der Waals surface area contributed by atoms with Gasteiger partial charge in [0.25, 0.3) is 0 Å². The van der Waals surface area contributed by atoms with Crippen molar-refractivity contribution < 1.29 is 29.1 Å². The molecular weight excluding hydrogens is 558 g/mol. The highest BCUT2D eigenvalue weighted by Gasteiger charge is 2.70. The van der Waals surface area contributed by atoms with E-state index >= 15 is 0 Å². The molecule has 0 aromatic heterocycles. The molecule has 8 heteroatoms. The summed E-state index contributed by atoms with van der Waals surface area (Å²) in [6, 6.07) is 0. The fourth-order valence-electron chi connectivity index (χ4n) is 11.7. The SMILES string of the molecule is CC(=O)O[C@H]1CC[C@]2(C)[C@H]3CC=C4[C@@H]5CC(C)(C)CC[C@]5(C(=O)OCCCC[N+](=O)[O-])CC[C@@]4(C)[C@]3(C)CC[C@H]2C1(C)CO. The van der Waals surface area contributed by atoms with E-state index in [-0.39, 0.29) is 76.2 Å². The number of carbonyl (C=O) groups is 2. The number of aliphatic hydroxyl groups excluding tert-OH is 1. The van der Waals surface area contributed by atoms with Crippen LogP contribution in [0.3, 0.4) is 0 Å². The second-order valence-corrected chi connectivity index (χ2v) is 17.1. The van der Waals surface area contributed by atoms with Gasteiger partial charge in [-0.2, -0.15) is 0 Å². The Morgan fingerprint density at radius 3 is 2.34 bits per heavy atom. The second-order valence-electron chi connectivity index (χ2n) is 17.1. The van der Waals surface area contributed by atoms with E-state index in [4.69, 9.17) is 9.47 Å². The number of nitro groups is 1. The van der Waals surface area contributed by atoms with Crippen molar-refractivity contribution >= 4 is 11.9 Å². The van der Waals surface area contributed by atoms with Crippen LogP contribution in [-0.2, 0) is 19.1 Å². The molecule has 1 unspecified atom stereocenters. The molecule has 4 fully saturated rings. The van der Waals surface area contributed by atoms with Gasteiger partial charge >= 0.3 is 11.9 Å². The lowest BCUT2D eigenvalue weighted by Crippen LogP contribution is -2.66. The van der Waals surface area contributed by atoms with Crippen molar-refractivity contribution in [3.05, 3.63) is 21.8 Å². The molecule has 0 radical (unpaired) electrons. The molecule has 1 N–H and O–H groups in total. The number of fused-ring (bicyclic) bond motifs is 7. The van der Waals surface area contributed by atoms with Gasteiger partial charge in [0, 0.05) is 23.7 Å². The summed E-state index contributed by atoms with van der Waals surface area (Å²) in [7, 11) is 0. The van der Waals surface area contributed by atoms with Gasteiger partial charge in [0.05, 0.1) is 18.6 Å². The van der Waals surface area contributed by atoms with Crippen LogP contribution in [0.4, 0.5) is 0 Å². The Kier molecular flexibility index (Phi) is 8.64. The summed E-state index contributed by atoms with van der Waals surface area (Å²) < 4.78 is 11.8. The van der Waals surface area contributed by atoms with Crippen LogP contribution in [0, 0.1) is 60.4 Å². The molecule has 44 heavy (non-hydrogen) atoms. The van der Waals surface area contributed by atoms with Crippen LogP contribution in [0.2, 0.25) is 0 Å². The Labute approximate surface area is 264 Å². The Bertz CT molecular complexity index is 1200. The zero-order chi connectivity index (χ0) is 32.3. The number of nitrogens with zero attached hydrogens (tertiary/aromatic N) is 1. The lowest BCUT2D eigenvalue weighted by Gasteiger charge is -2.71. The average molecular weight is 616 g/mol. The number of hydrogen-bond acceptors (Lipinski definition) is 7. The van der Waals surface area contributed by atoms with Gasteiger partial charge in [-0.05, 0) is 110 Å². The fraction of sp³-hybridized carbons (Fsp3) is 0.889. The fourth-order valence-corrected chi connectivity index (χ4v) is 11.7. The third-order valence-electron chi connectivity index (χ3n) is 14.4. The Morgan fingerprint density at radius 1 is 0.977 bits per heavy atom. The standard InChI is InChI=1S/C36H57NO7/c1-24(39)44-29-13-14-32(4)27(33(29,5)23-38)12-15-35(7)28(32)11-10-25-26-22-31(2,3)16-18-36(26,19-17-34(25,35)6)30(40)43-21-9-8-20-37(41)42/h10,26-29,38H,8-9,11-23H2,1-7H3/t26-,27+,28+,29-,32-,33?,34+,35+,36-/m0/s1. The Morgan fingerprint density at radius 2 is 1.68 bits per heavy atom. The van der Waals surface area contributed by atoms with Crippen molar-refractivity contribution in [1.82, 2.24) is 0 Å². The van der Waals surface area contributed by atoms with E-state index in [0.717, 1.165) is 64.2 Å². The molecule has 5 aliphatic carbocycles. The average Bonchev–Trinajstić information content (AvgIpc) is 2.94. The largest absolute Gasteiger partial charge is 0.465 e. The lowest BCUT2D eigenvalue weighted by atomic mass is 9.33. The Balaban J connectivity index is 1.46. The predicted octanol–water partition coefficient (Wildman–Crippen LogP) is 7.29. The van der Waals surface area contributed by atoms with Crippen LogP contribution in [0.5, 0.6) is 0 Å². The molecule has 248 valence electrons. The highest BCUT2D eigenvalue weighted by molar-refractivity contribution is 5.78. The summed E-state index contributed by atoms with van der Waals surface area (Å²) in [4.78, 5) is 36.5. The highest BCUT2D eigenvalue weighted by Crippen LogP contribution is 2.76. The number of allylic oxidation sites excluding steroid dienone is 2. The molecule has 0 saturated heterocycles. The minimum Gasteiger partial charge on any atom is -0.465 e. The van der Waals surface area contributed by atoms with Crippen molar-refractivity contribution in [3.8, 4) is 0 Å². The molecule has 0 spiro atoms. The van der Waals surface area contributed by atoms with Crippen molar-refractivity contribution in [2.75, 3.05) is 19.8 Å². The van der Waals surface area contributed by atoms with E-state index in [2.05, 4.69) is 47.6 Å². The highest BCUT2D eigenvalue weighted by atomic mass is 16.6. The van der Waals surface area contributed by atoms with E-state index in [1.165, 1.54) is 12.5 Å². The molecule has 0 amide bonds. The molecule has 0 heterocycles. The van der Waals surface area contributed by atoms with Crippen LogP contribution >= 0.6 is 0 Å². The van der Waals surface area contributed by atoms with E-state index < -0.39 is 10.8 Å². The number of esters is 2. The smallest absolute Gasteiger partial charge is 0.312 e. The van der Waals surface area contributed by atoms with Gasteiger partial charge in [-0.15, -0.1) is 0 Å². The van der Waals surface area contributed by atoms with Gasteiger partial charge in [0.15, 0.2) is 0 Å². The number of unbranched alkanes of at least 4 members (excludes halogenated alkanes) is 1. The zero-order valence-corrected chi connectivity index (χ0v) is 28.3. The molecule has 5 aliphatic rings. The number of rotatable bonds is 8. The maximum absolute atomic E-state index is 14.0. The first-order chi connectivity index (χ1) is 20.5. The topological polar surface area (TPSA) is 116 Å². The van der Waals surface area contributed by atoms with E-state index in [0.29, 0.717) is 18.8 Å². The third-order valence-corrected chi connectivity index (χ3v) is 14.4. The summed E-state index contributed by atoms with van der Waals surface area (Å²) in [5.74, 6) is 0.475. The molecule has 4 saturated carbocycles. The zero-order valence-electron chi connectivity index (χ0n) is 28.3. The summed E-state index contributed by atoms with van der Waals surface area (Å²) in [5.41, 5.74) is 0.636. The van der Waals surface area contributed by atoms with E-state index in [9.17, 15) is 24.8 Å². The maximum Gasteiger partial charge on any atom is 0.312 e. The van der Waals surface area contributed by atoms with Crippen LogP contribution in [0.1, 0.15) is 126 Å². The van der Waals surface area contributed by atoms with Gasteiger partial charge in [-0.1, -0.05) is 53.2 Å². The normalized spacial score (nSPS) is 44.1. The van der Waals surface area contributed by atoms with Crippen LogP contribution < -0.4 is 0 Å². The predicted molar refractivity (Wildman–Crippen MR) is 168 cm³/mol. The summed E-state index contributed by atoms with van der Waals surface area (Å²) >= 11 is 0. The molecule has 0 aromatic rings. The summed E-state index contributed by atoms with van der Waals surface area (Å²) in [6.45, 7) is 15.9. The van der Waals surface area contributed by atoms with Gasteiger partial charge in [0.2, 0.25) is 6.54 Å². The van der Waals surface area contributed by atoms with Crippen molar-refractivity contribution in [3.63, 3.8) is 0 Å². The minimum absolute atomic E-state index is 0.00916. The van der Waals surface area contributed by atoms with E-state index in [1.54, 1.807) is 0 Å². The van der Waals surface area contributed by atoms with Gasteiger partial charge in [-0.25, -0.2) is 0 Å². The van der Waals surface area contributed by atoms with Crippen LogP contribution in [-0.4, -0.2) is 47.8 Å². The second kappa shape index (κ2) is 11.4. The monoisotopic (exact) mass is 615 g/mol. The molecule has 5 rings (SSSR count). The number of aliphatic hydroxyl groups is 1. The van der Waals surface area contributed by atoms with Crippen molar-refractivity contribution in [2.24, 2.45) is 50.2 Å². The number of hydrogen-bond donors (Lipinski definition) is 1. The minimum atomic E-state index is -0.522. The van der Waals surface area contributed by atoms with E-state index in [1.807, 2.05) is 0 Å². The maximum atomic E-state index is 14.0. The molecular formula is C36H57NO7. The molecule has 8 nitrogen and oxygen atoms in total. The van der Waals surface area contributed by atoms with Crippen LogP contribution in [0.25, 0.3) is 0 Å². The molecule has 0 aromatic carbocycles. The first-order valence-electron chi connectivity index (χ1n) is 17.3. The van der Waals surface area contributed by atoms with Gasteiger partial charge in [0.1, 0.15) is 6.10 Å². The van der Waals surface area contributed by atoms with Crippen molar-refractivity contribution in [1.29, 1.82) is 0 Å². The quantitative estimate of drug-likeness (QED) is 0.100. The molecule has 0 aliphatic heterocycles. The van der Waals surface area contributed by atoms with Gasteiger partial charge in [-0.3, -0.25) is 19.7 Å². The first-order valence-corrected chi connectivity index (χ1v) is 17.3. The molecule has 9 atom stereocenters. The summed E-state index contributed by atoms with van der Waals surface area (Å²) in [5, 5.41) is 21.5.